The standard InChI is InChI=1S/C26H27N5O3/c1-29(2)26(34)24-27-21-10-9-18(12-22(21)28-24)20-8-5-11-30(14-20)25(33)23-13-17-6-3-4-7-19(17)15-31(23)16-32/h3-4,6-10,12,16,23H,5,11,13-15H2,1-2H3,(H,27,28). The number of H-pyrrole nitrogens is 1. The van der Waals surface area contributed by atoms with Crippen LogP contribution >= 0.6 is 0 Å². The summed E-state index contributed by atoms with van der Waals surface area (Å²) < 4.78 is 0. The second-order valence-corrected chi connectivity index (χ2v) is 9.06. The number of hydrogen-bond acceptors (Lipinski definition) is 4. The van der Waals surface area contributed by atoms with E-state index < -0.39 is 6.04 Å². The number of nitrogens with one attached hydrogen (secondary N) is 1. The highest BCUT2D eigenvalue weighted by Gasteiger charge is 2.34. The highest BCUT2D eigenvalue weighted by Crippen LogP contribution is 2.27. The minimum atomic E-state index is -0.485. The Bertz CT molecular complexity index is 1310. The maximum atomic E-state index is 13.5. The molecular weight excluding hydrogens is 430 g/mol. The fraction of sp³-hybridized carbons (Fsp3) is 0.308. The Kier molecular flexibility index (Phi) is 5.65. The molecule has 0 saturated carbocycles. The lowest BCUT2D eigenvalue weighted by molar-refractivity contribution is -0.141. The Labute approximate surface area is 197 Å². The van der Waals surface area contributed by atoms with Gasteiger partial charge in [0.2, 0.25) is 12.3 Å². The molecule has 0 saturated heterocycles. The highest BCUT2D eigenvalue weighted by molar-refractivity contribution is 5.94. The van der Waals surface area contributed by atoms with E-state index in [0.717, 1.165) is 46.1 Å². The van der Waals surface area contributed by atoms with Gasteiger partial charge in [0.15, 0.2) is 5.82 Å². The summed E-state index contributed by atoms with van der Waals surface area (Å²) in [6.45, 7) is 1.56. The third-order valence-electron chi connectivity index (χ3n) is 6.63. The molecule has 0 radical (unpaired) electrons. The molecule has 3 amide bonds. The number of rotatable bonds is 4. The molecular formula is C26H27N5O3. The van der Waals surface area contributed by atoms with E-state index in [-0.39, 0.29) is 11.8 Å². The van der Waals surface area contributed by atoms with Gasteiger partial charge in [-0.25, -0.2) is 4.98 Å². The van der Waals surface area contributed by atoms with Crippen LogP contribution in [-0.4, -0.2) is 76.1 Å². The van der Waals surface area contributed by atoms with E-state index in [1.807, 2.05) is 47.4 Å². The van der Waals surface area contributed by atoms with Crippen LogP contribution in [0.4, 0.5) is 0 Å². The van der Waals surface area contributed by atoms with Gasteiger partial charge in [0.1, 0.15) is 6.04 Å². The molecule has 2 aromatic carbocycles. The van der Waals surface area contributed by atoms with Crippen LogP contribution in [0.5, 0.6) is 0 Å². The fourth-order valence-corrected chi connectivity index (χ4v) is 4.76. The van der Waals surface area contributed by atoms with Crippen molar-refractivity contribution in [1.82, 2.24) is 24.7 Å². The van der Waals surface area contributed by atoms with Crippen molar-refractivity contribution in [3.05, 3.63) is 71.1 Å². The molecule has 2 aliphatic rings. The van der Waals surface area contributed by atoms with Crippen LogP contribution in [0.15, 0.2) is 48.5 Å². The zero-order valence-corrected chi connectivity index (χ0v) is 19.3. The van der Waals surface area contributed by atoms with Crippen LogP contribution < -0.4 is 0 Å². The van der Waals surface area contributed by atoms with Crippen molar-refractivity contribution in [3.63, 3.8) is 0 Å². The van der Waals surface area contributed by atoms with E-state index in [1.54, 1.807) is 19.0 Å². The number of aromatic amines is 1. The maximum Gasteiger partial charge on any atom is 0.289 e. The molecule has 1 aromatic heterocycles. The van der Waals surface area contributed by atoms with Crippen molar-refractivity contribution >= 4 is 34.8 Å². The summed E-state index contributed by atoms with van der Waals surface area (Å²) in [5.74, 6) is 0.104. The summed E-state index contributed by atoms with van der Waals surface area (Å²) in [6, 6.07) is 13.3. The van der Waals surface area contributed by atoms with E-state index in [0.29, 0.717) is 31.9 Å². The van der Waals surface area contributed by atoms with Gasteiger partial charge < -0.3 is 19.7 Å². The predicted octanol–water partition coefficient (Wildman–Crippen LogP) is 2.46. The second-order valence-electron chi connectivity index (χ2n) is 9.06. The fourth-order valence-electron chi connectivity index (χ4n) is 4.76. The van der Waals surface area contributed by atoms with Crippen molar-refractivity contribution in [1.29, 1.82) is 0 Å². The van der Waals surface area contributed by atoms with Crippen molar-refractivity contribution in [2.75, 3.05) is 27.2 Å². The average Bonchev–Trinajstić information content (AvgIpc) is 3.30. The molecule has 8 nitrogen and oxygen atoms in total. The van der Waals surface area contributed by atoms with E-state index in [9.17, 15) is 14.4 Å². The molecule has 3 heterocycles. The van der Waals surface area contributed by atoms with Crippen molar-refractivity contribution < 1.29 is 14.4 Å². The molecule has 2 aliphatic heterocycles. The Morgan fingerprint density at radius 3 is 2.68 bits per heavy atom. The lowest BCUT2D eigenvalue weighted by Crippen LogP contribution is -2.52. The number of benzene rings is 2. The monoisotopic (exact) mass is 457 g/mol. The van der Waals surface area contributed by atoms with Gasteiger partial charge in [-0.05, 0) is 40.8 Å². The minimum Gasteiger partial charge on any atom is -0.342 e. The number of carbonyl (C=O) groups is 3. The van der Waals surface area contributed by atoms with Gasteiger partial charge in [-0.3, -0.25) is 14.4 Å². The number of hydrogen-bond donors (Lipinski definition) is 1. The number of nitrogens with zero attached hydrogens (tertiary/aromatic N) is 4. The maximum absolute atomic E-state index is 13.5. The molecule has 0 aliphatic carbocycles. The van der Waals surface area contributed by atoms with Crippen LogP contribution in [0.3, 0.4) is 0 Å². The van der Waals surface area contributed by atoms with Crippen molar-refractivity contribution in [2.45, 2.75) is 25.4 Å². The van der Waals surface area contributed by atoms with Gasteiger partial charge in [-0.1, -0.05) is 36.4 Å². The minimum absolute atomic E-state index is 0.0197. The zero-order chi connectivity index (χ0) is 23.8. The Morgan fingerprint density at radius 1 is 1.12 bits per heavy atom. The molecule has 1 N–H and O–H groups in total. The van der Waals surface area contributed by atoms with Gasteiger partial charge in [0.25, 0.3) is 5.91 Å². The Balaban J connectivity index is 1.36. The first-order valence-corrected chi connectivity index (χ1v) is 11.4. The van der Waals surface area contributed by atoms with E-state index >= 15 is 0 Å². The molecule has 0 spiro atoms. The second kappa shape index (κ2) is 8.78. The Hall–Kier alpha value is -3.94. The summed E-state index contributed by atoms with van der Waals surface area (Å²) in [4.78, 5) is 50.0. The highest BCUT2D eigenvalue weighted by atomic mass is 16.2. The zero-order valence-electron chi connectivity index (χ0n) is 19.3. The SMILES string of the molecule is CN(C)C(=O)c1nc2ccc(C3=CCCN(C(=O)C4Cc5ccccc5CN4C=O)C3)cc2[nH]1. The van der Waals surface area contributed by atoms with E-state index in [1.165, 1.54) is 4.90 Å². The van der Waals surface area contributed by atoms with E-state index in [2.05, 4.69) is 16.0 Å². The third kappa shape index (κ3) is 3.96. The summed E-state index contributed by atoms with van der Waals surface area (Å²) in [5.41, 5.74) is 5.75. The van der Waals surface area contributed by atoms with Crippen LogP contribution in [-0.2, 0) is 22.6 Å². The number of imidazole rings is 1. The Morgan fingerprint density at radius 2 is 1.91 bits per heavy atom. The molecule has 8 heteroatoms. The first-order valence-electron chi connectivity index (χ1n) is 11.4. The van der Waals surface area contributed by atoms with Crippen LogP contribution in [0.2, 0.25) is 0 Å². The molecule has 1 unspecified atom stereocenters. The summed E-state index contributed by atoms with van der Waals surface area (Å²) >= 11 is 0. The van der Waals surface area contributed by atoms with Gasteiger partial charge in [0.05, 0.1) is 11.0 Å². The molecule has 174 valence electrons. The largest absolute Gasteiger partial charge is 0.342 e. The topological polar surface area (TPSA) is 89.6 Å². The number of fused-ring (bicyclic) bond motifs is 2. The lowest BCUT2D eigenvalue weighted by Gasteiger charge is -2.37. The predicted molar refractivity (Wildman–Crippen MR) is 129 cm³/mol. The van der Waals surface area contributed by atoms with Gasteiger partial charge >= 0.3 is 0 Å². The molecule has 34 heavy (non-hydrogen) atoms. The first-order chi connectivity index (χ1) is 16.4. The number of amides is 3. The van der Waals surface area contributed by atoms with Crippen LogP contribution in [0, 0.1) is 0 Å². The molecule has 0 bridgehead atoms. The summed E-state index contributed by atoms with van der Waals surface area (Å²) in [6.07, 6.45) is 4.22. The van der Waals surface area contributed by atoms with Crippen LogP contribution in [0.25, 0.3) is 16.6 Å². The molecule has 0 fully saturated rings. The lowest BCUT2D eigenvalue weighted by atomic mass is 9.93. The quantitative estimate of drug-likeness (QED) is 0.610. The third-order valence-corrected chi connectivity index (χ3v) is 6.63. The first kappa shape index (κ1) is 21.9. The summed E-state index contributed by atoms with van der Waals surface area (Å²) in [5, 5.41) is 0. The number of aromatic nitrogens is 2. The average molecular weight is 458 g/mol. The van der Waals surface area contributed by atoms with Crippen molar-refractivity contribution in [3.8, 4) is 0 Å². The van der Waals surface area contributed by atoms with Gasteiger partial charge in [-0.2, -0.15) is 0 Å². The number of carbonyl (C=O) groups excluding carboxylic acids is 3. The summed E-state index contributed by atoms with van der Waals surface area (Å²) in [7, 11) is 3.38. The van der Waals surface area contributed by atoms with Crippen LogP contribution in [0.1, 0.15) is 33.7 Å². The molecule has 1 atom stereocenters. The molecule has 3 aromatic rings. The van der Waals surface area contributed by atoms with Gasteiger partial charge in [-0.15, -0.1) is 0 Å². The smallest absolute Gasteiger partial charge is 0.289 e. The normalized spacial score (nSPS) is 17.8. The van der Waals surface area contributed by atoms with E-state index in [4.69, 9.17) is 0 Å². The molecule has 5 rings (SSSR count). The van der Waals surface area contributed by atoms with Crippen molar-refractivity contribution in [2.24, 2.45) is 0 Å². The van der Waals surface area contributed by atoms with Gasteiger partial charge in [0, 0.05) is 40.2 Å².